The van der Waals surface area contributed by atoms with Crippen LogP contribution in [-0.4, -0.2) is 50.4 Å². The summed E-state index contributed by atoms with van der Waals surface area (Å²) in [4.78, 5) is 22.5. The van der Waals surface area contributed by atoms with Gasteiger partial charge in [0.15, 0.2) is 0 Å². The Kier molecular flexibility index (Phi) is 6.33. The first-order chi connectivity index (χ1) is 14.0. The van der Waals surface area contributed by atoms with Crippen LogP contribution < -0.4 is 20.3 Å². The number of alkyl carbamates (subject to hydrolysis) is 1. The van der Waals surface area contributed by atoms with Crippen molar-refractivity contribution >= 4 is 34.4 Å². The summed E-state index contributed by atoms with van der Waals surface area (Å²) in [6.45, 7) is 2.91. The first kappa shape index (κ1) is 20.2. The quantitative estimate of drug-likeness (QED) is 0.592. The predicted molar refractivity (Wildman–Crippen MR) is 114 cm³/mol. The molecule has 0 spiro atoms. The zero-order chi connectivity index (χ0) is 20.8. The monoisotopic (exact) mass is 395 g/mol. The zero-order valence-electron chi connectivity index (χ0n) is 17.0. The van der Waals surface area contributed by atoms with Crippen LogP contribution in [0.25, 0.3) is 10.9 Å². The van der Waals surface area contributed by atoms with Gasteiger partial charge in [0.1, 0.15) is 11.6 Å². The van der Waals surface area contributed by atoms with Gasteiger partial charge in [0.2, 0.25) is 5.95 Å². The molecule has 0 radical (unpaired) electrons. The van der Waals surface area contributed by atoms with E-state index in [-0.39, 0.29) is 0 Å². The van der Waals surface area contributed by atoms with Crippen molar-refractivity contribution in [3.63, 3.8) is 0 Å². The predicted octanol–water partition coefficient (Wildman–Crippen LogP) is 3.48. The standard InChI is InChI=1S/C21H25N5O3/c1-14-5-10-18-17(13-14)19(26(2)15-6-8-16(28-3)9-7-15)25-20(24-18)22-11-12-23-21(27)29-4/h5-10,13H,11-12H2,1-4H3,(H,23,27)(H,22,24,25). The van der Waals surface area contributed by atoms with Crippen LogP contribution in [0.15, 0.2) is 42.5 Å². The number of methoxy groups -OCH3 is 2. The number of carbonyl (C=O) groups excluding carboxylic acids is 1. The van der Waals surface area contributed by atoms with Crippen LogP contribution in [-0.2, 0) is 4.74 Å². The van der Waals surface area contributed by atoms with Gasteiger partial charge in [-0.3, -0.25) is 0 Å². The van der Waals surface area contributed by atoms with Crippen molar-refractivity contribution in [1.82, 2.24) is 15.3 Å². The lowest BCUT2D eigenvalue weighted by molar-refractivity contribution is 0.171. The van der Waals surface area contributed by atoms with E-state index in [1.807, 2.05) is 55.3 Å². The number of benzene rings is 2. The van der Waals surface area contributed by atoms with Gasteiger partial charge < -0.3 is 25.0 Å². The maximum Gasteiger partial charge on any atom is 0.406 e. The number of anilines is 3. The SMILES string of the molecule is COC(=O)NCCNc1nc(N(C)c2ccc(OC)cc2)c2cc(C)ccc2n1. The smallest absolute Gasteiger partial charge is 0.406 e. The molecule has 1 amide bonds. The highest BCUT2D eigenvalue weighted by molar-refractivity contribution is 5.93. The Hall–Kier alpha value is -3.55. The van der Waals surface area contributed by atoms with Crippen LogP contribution in [0.3, 0.4) is 0 Å². The van der Waals surface area contributed by atoms with Crippen LogP contribution in [0.1, 0.15) is 5.56 Å². The molecular formula is C21H25N5O3. The Labute approximate surface area is 169 Å². The third-order valence-electron chi connectivity index (χ3n) is 4.47. The molecule has 0 aliphatic heterocycles. The molecule has 0 unspecified atom stereocenters. The van der Waals surface area contributed by atoms with E-state index in [1.165, 1.54) is 7.11 Å². The molecule has 0 aliphatic rings. The lowest BCUT2D eigenvalue weighted by Crippen LogP contribution is -2.28. The van der Waals surface area contributed by atoms with Gasteiger partial charge in [-0.1, -0.05) is 11.6 Å². The number of fused-ring (bicyclic) bond motifs is 1. The van der Waals surface area contributed by atoms with Crippen LogP contribution in [0.5, 0.6) is 5.75 Å². The summed E-state index contributed by atoms with van der Waals surface area (Å²) in [5, 5.41) is 6.74. The van der Waals surface area contributed by atoms with Crippen molar-refractivity contribution in [2.45, 2.75) is 6.92 Å². The van der Waals surface area contributed by atoms with Crippen molar-refractivity contribution in [3.05, 3.63) is 48.0 Å². The molecule has 8 heteroatoms. The molecule has 0 saturated heterocycles. The van der Waals surface area contributed by atoms with E-state index in [0.717, 1.165) is 33.7 Å². The molecule has 1 heterocycles. The molecule has 29 heavy (non-hydrogen) atoms. The average molecular weight is 395 g/mol. The Balaban J connectivity index is 1.90. The molecule has 0 bridgehead atoms. The molecule has 0 fully saturated rings. The first-order valence-electron chi connectivity index (χ1n) is 9.23. The molecule has 0 aliphatic carbocycles. The summed E-state index contributed by atoms with van der Waals surface area (Å²) in [6.07, 6.45) is -0.471. The summed E-state index contributed by atoms with van der Waals surface area (Å²) in [5.74, 6) is 2.07. The van der Waals surface area contributed by atoms with Crippen molar-refractivity contribution in [1.29, 1.82) is 0 Å². The summed E-state index contributed by atoms with van der Waals surface area (Å²) < 4.78 is 9.81. The van der Waals surface area contributed by atoms with Crippen molar-refractivity contribution in [2.24, 2.45) is 0 Å². The van der Waals surface area contributed by atoms with Crippen molar-refractivity contribution in [2.75, 3.05) is 44.6 Å². The number of nitrogens with one attached hydrogen (secondary N) is 2. The Morgan fingerprint density at radius 2 is 1.83 bits per heavy atom. The summed E-state index contributed by atoms with van der Waals surface area (Å²) >= 11 is 0. The molecule has 1 aromatic heterocycles. The van der Waals surface area contributed by atoms with E-state index >= 15 is 0 Å². The summed E-state index contributed by atoms with van der Waals surface area (Å²) in [7, 11) is 4.94. The number of ether oxygens (including phenoxy) is 2. The van der Waals surface area contributed by atoms with E-state index in [0.29, 0.717) is 19.0 Å². The van der Waals surface area contributed by atoms with Gasteiger partial charge in [-0.05, 0) is 43.3 Å². The Morgan fingerprint density at radius 1 is 1.07 bits per heavy atom. The third-order valence-corrected chi connectivity index (χ3v) is 4.47. The minimum absolute atomic E-state index is 0.394. The lowest BCUT2D eigenvalue weighted by atomic mass is 10.1. The van der Waals surface area contributed by atoms with E-state index in [1.54, 1.807) is 7.11 Å². The molecule has 2 aromatic carbocycles. The maximum atomic E-state index is 11.2. The maximum absolute atomic E-state index is 11.2. The lowest BCUT2D eigenvalue weighted by Gasteiger charge is -2.21. The molecule has 3 rings (SSSR count). The van der Waals surface area contributed by atoms with E-state index in [2.05, 4.69) is 26.4 Å². The number of hydrogen-bond acceptors (Lipinski definition) is 7. The highest BCUT2D eigenvalue weighted by atomic mass is 16.5. The van der Waals surface area contributed by atoms with Gasteiger partial charge in [-0.25, -0.2) is 9.78 Å². The Bertz CT molecular complexity index is 992. The molecule has 2 N–H and O–H groups in total. The van der Waals surface area contributed by atoms with Gasteiger partial charge in [-0.15, -0.1) is 0 Å². The number of carbonyl (C=O) groups is 1. The number of amides is 1. The Morgan fingerprint density at radius 3 is 2.52 bits per heavy atom. The van der Waals surface area contributed by atoms with Crippen molar-refractivity contribution in [3.8, 4) is 5.75 Å². The van der Waals surface area contributed by atoms with Gasteiger partial charge >= 0.3 is 6.09 Å². The highest BCUT2D eigenvalue weighted by Crippen LogP contribution is 2.31. The van der Waals surface area contributed by atoms with Crippen LogP contribution in [0.2, 0.25) is 0 Å². The van der Waals surface area contributed by atoms with E-state index in [9.17, 15) is 4.79 Å². The second-order valence-corrected chi connectivity index (χ2v) is 6.49. The fourth-order valence-electron chi connectivity index (χ4n) is 2.90. The average Bonchev–Trinajstić information content (AvgIpc) is 2.75. The fourth-order valence-corrected chi connectivity index (χ4v) is 2.90. The van der Waals surface area contributed by atoms with Gasteiger partial charge in [0.05, 0.1) is 19.7 Å². The normalized spacial score (nSPS) is 10.5. The van der Waals surface area contributed by atoms with Crippen molar-refractivity contribution < 1.29 is 14.3 Å². The van der Waals surface area contributed by atoms with E-state index < -0.39 is 6.09 Å². The van der Waals surface area contributed by atoms with Crippen LogP contribution in [0.4, 0.5) is 22.2 Å². The molecule has 0 atom stereocenters. The summed E-state index contributed by atoms with van der Waals surface area (Å²) in [5.41, 5.74) is 2.95. The molecule has 3 aromatic rings. The van der Waals surface area contributed by atoms with Gasteiger partial charge in [-0.2, -0.15) is 4.98 Å². The number of rotatable bonds is 7. The largest absolute Gasteiger partial charge is 0.497 e. The second-order valence-electron chi connectivity index (χ2n) is 6.49. The third kappa shape index (κ3) is 4.84. The van der Waals surface area contributed by atoms with E-state index in [4.69, 9.17) is 9.72 Å². The molecule has 8 nitrogen and oxygen atoms in total. The van der Waals surface area contributed by atoms with Crippen LogP contribution in [0, 0.1) is 6.92 Å². The minimum Gasteiger partial charge on any atom is -0.497 e. The minimum atomic E-state index is -0.471. The number of nitrogens with zero attached hydrogens (tertiary/aromatic N) is 3. The van der Waals surface area contributed by atoms with Gasteiger partial charge in [0, 0.05) is 31.2 Å². The number of aryl methyl sites for hydroxylation is 1. The number of hydrogen-bond donors (Lipinski definition) is 2. The molecule has 152 valence electrons. The highest BCUT2D eigenvalue weighted by Gasteiger charge is 2.14. The summed E-state index contributed by atoms with van der Waals surface area (Å²) in [6, 6.07) is 13.9. The zero-order valence-corrected chi connectivity index (χ0v) is 17.0. The molecular weight excluding hydrogens is 370 g/mol. The first-order valence-corrected chi connectivity index (χ1v) is 9.23. The molecule has 0 saturated carbocycles. The topological polar surface area (TPSA) is 88.6 Å². The fraction of sp³-hybridized carbons (Fsp3) is 0.286. The number of aromatic nitrogens is 2. The van der Waals surface area contributed by atoms with Crippen LogP contribution >= 0.6 is 0 Å². The second kappa shape index (κ2) is 9.09. The van der Waals surface area contributed by atoms with Gasteiger partial charge in [0.25, 0.3) is 0 Å².